The highest BCUT2D eigenvalue weighted by atomic mass is 32.1. The lowest BCUT2D eigenvalue weighted by atomic mass is 10.1. The molecule has 1 N–H and O–H groups in total. The van der Waals surface area contributed by atoms with Gasteiger partial charge in [0.25, 0.3) is 0 Å². The fraction of sp³-hybridized carbons (Fsp3) is 0.423. The molecule has 1 fully saturated rings. The maximum absolute atomic E-state index is 12.6. The first kappa shape index (κ1) is 26.5. The topological polar surface area (TPSA) is 105 Å². The number of esters is 1. The lowest BCUT2D eigenvalue weighted by Gasteiger charge is -2.36. The number of anilines is 3. The predicted octanol–water partition coefficient (Wildman–Crippen LogP) is 3.35. The van der Waals surface area contributed by atoms with Crippen molar-refractivity contribution in [2.24, 2.45) is 0 Å². The molecule has 0 saturated carbocycles. The number of ether oxygens (including phenoxy) is 1. The number of fused-ring (bicyclic) bond motifs is 3. The van der Waals surface area contributed by atoms with Gasteiger partial charge in [-0.1, -0.05) is 25.5 Å². The minimum absolute atomic E-state index is 0. The maximum Gasteiger partial charge on any atom is 0.338 e. The highest BCUT2D eigenvalue weighted by Gasteiger charge is 2.40. The molecular formula is C26H33N7O3S. The molecule has 3 aromatic rings. The van der Waals surface area contributed by atoms with E-state index in [9.17, 15) is 9.59 Å². The van der Waals surface area contributed by atoms with Gasteiger partial charge in [0.2, 0.25) is 11.9 Å². The highest BCUT2D eigenvalue weighted by Crippen LogP contribution is 2.37. The number of carbonyl (C=O) groups is 2. The van der Waals surface area contributed by atoms with Crippen molar-refractivity contribution in [2.75, 3.05) is 35.3 Å². The first-order valence-electron chi connectivity index (χ1n) is 12.5. The minimum atomic E-state index is -0.287. The predicted molar refractivity (Wildman–Crippen MR) is 146 cm³/mol. The van der Waals surface area contributed by atoms with Crippen molar-refractivity contribution in [3.05, 3.63) is 59.5 Å². The molecular weight excluding hydrogens is 490 g/mol. The van der Waals surface area contributed by atoms with Gasteiger partial charge < -0.3 is 19.9 Å². The fourth-order valence-electron chi connectivity index (χ4n) is 4.61. The van der Waals surface area contributed by atoms with Crippen molar-refractivity contribution in [1.82, 2.24) is 19.7 Å². The van der Waals surface area contributed by atoms with E-state index in [2.05, 4.69) is 27.2 Å². The second kappa shape index (κ2) is 11.6. The SMILES string of the molecule is CCCCOC(=O)c1ccc(Cn2cc(CNc3ncc4c(n3)N3CCC[C@H]3C(=O)N4C)cn2)cc1.S. The molecule has 37 heavy (non-hydrogen) atoms. The summed E-state index contributed by atoms with van der Waals surface area (Å²) in [6.07, 6.45) is 9.21. The molecule has 11 heteroatoms. The summed E-state index contributed by atoms with van der Waals surface area (Å²) in [6, 6.07) is 7.30. The van der Waals surface area contributed by atoms with Crippen molar-refractivity contribution >= 4 is 42.8 Å². The summed E-state index contributed by atoms with van der Waals surface area (Å²) in [7, 11) is 1.79. The molecule has 1 atom stereocenters. The third-order valence-electron chi connectivity index (χ3n) is 6.65. The molecule has 1 aromatic carbocycles. The number of hydrogen-bond donors (Lipinski definition) is 1. The van der Waals surface area contributed by atoms with Gasteiger partial charge in [0.1, 0.15) is 11.7 Å². The monoisotopic (exact) mass is 523 g/mol. The van der Waals surface area contributed by atoms with Crippen LogP contribution in [0.25, 0.3) is 0 Å². The number of hydrogen-bond acceptors (Lipinski definition) is 8. The average Bonchev–Trinajstić information content (AvgIpc) is 3.56. The Bertz CT molecular complexity index is 1250. The van der Waals surface area contributed by atoms with Crippen LogP contribution >= 0.6 is 13.5 Å². The second-order valence-electron chi connectivity index (χ2n) is 9.24. The standard InChI is InChI=1S/C26H31N7O3.H2S/c1-3-4-12-36-25(35)20-9-7-18(8-10-20)16-32-17-19(14-29-32)13-27-26-28-15-22-23(30-26)33-11-5-6-21(33)24(34)31(22)2;/h7-10,14-15,17,21H,3-6,11-13,16H2,1-2H3,(H,27,28,30);1H2/t21-;/m0./s1. The Balaban J connectivity index is 0.00000320. The van der Waals surface area contributed by atoms with Gasteiger partial charge in [-0.25, -0.2) is 9.78 Å². The van der Waals surface area contributed by atoms with Crippen LogP contribution in [0.3, 0.4) is 0 Å². The molecule has 0 unspecified atom stereocenters. The van der Waals surface area contributed by atoms with Crippen LogP contribution in [0, 0.1) is 0 Å². The number of unbranched alkanes of at least 4 members (excludes halogenated alkanes) is 1. The number of benzene rings is 1. The number of aromatic nitrogens is 4. The fourth-order valence-corrected chi connectivity index (χ4v) is 4.61. The lowest BCUT2D eigenvalue weighted by Crippen LogP contribution is -2.49. The van der Waals surface area contributed by atoms with Crippen LogP contribution in [0.5, 0.6) is 0 Å². The van der Waals surface area contributed by atoms with E-state index in [1.54, 1.807) is 30.3 Å². The van der Waals surface area contributed by atoms with Crippen LogP contribution in [0.1, 0.15) is 54.1 Å². The summed E-state index contributed by atoms with van der Waals surface area (Å²) in [5, 5.41) is 7.73. The van der Waals surface area contributed by atoms with E-state index in [0.717, 1.165) is 54.9 Å². The molecule has 1 saturated heterocycles. The number of carbonyl (C=O) groups excluding carboxylic acids is 2. The van der Waals surface area contributed by atoms with E-state index in [0.29, 0.717) is 31.2 Å². The molecule has 0 bridgehead atoms. The summed E-state index contributed by atoms with van der Waals surface area (Å²) < 4.78 is 7.12. The lowest BCUT2D eigenvalue weighted by molar-refractivity contribution is -0.119. The van der Waals surface area contributed by atoms with Crippen molar-refractivity contribution in [3.8, 4) is 0 Å². The smallest absolute Gasteiger partial charge is 0.338 e. The van der Waals surface area contributed by atoms with E-state index in [-0.39, 0.29) is 31.4 Å². The minimum Gasteiger partial charge on any atom is -0.462 e. The summed E-state index contributed by atoms with van der Waals surface area (Å²) in [4.78, 5) is 37.5. The Morgan fingerprint density at radius 1 is 1.19 bits per heavy atom. The van der Waals surface area contributed by atoms with Gasteiger partial charge in [-0.05, 0) is 37.0 Å². The molecule has 0 radical (unpaired) electrons. The molecule has 5 rings (SSSR count). The third-order valence-corrected chi connectivity index (χ3v) is 6.65. The Morgan fingerprint density at radius 3 is 2.78 bits per heavy atom. The largest absolute Gasteiger partial charge is 0.462 e. The zero-order chi connectivity index (χ0) is 25.1. The first-order valence-corrected chi connectivity index (χ1v) is 12.5. The maximum atomic E-state index is 12.6. The van der Waals surface area contributed by atoms with Crippen molar-refractivity contribution in [3.63, 3.8) is 0 Å². The van der Waals surface area contributed by atoms with E-state index < -0.39 is 0 Å². The molecule has 1 amide bonds. The molecule has 2 aromatic heterocycles. The molecule has 4 heterocycles. The van der Waals surface area contributed by atoms with E-state index in [4.69, 9.17) is 9.72 Å². The zero-order valence-electron chi connectivity index (χ0n) is 21.2. The number of likely N-dealkylation sites (N-methyl/N-ethyl adjacent to an activating group) is 1. The Hall–Kier alpha value is -3.60. The summed E-state index contributed by atoms with van der Waals surface area (Å²) in [6.45, 7) is 4.47. The Kier molecular flexibility index (Phi) is 8.32. The van der Waals surface area contributed by atoms with E-state index in [1.807, 2.05) is 29.2 Å². The molecule has 2 aliphatic heterocycles. The first-order chi connectivity index (χ1) is 17.5. The normalized spacial score (nSPS) is 16.2. The quantitative estimate of drug-likeness (QED) is 0.336. The number of nitrogens with one attached hydrogen (secondary N) is 1. The molecule has 0 aliphatic carbocycles. The zero-order valence-corrected chi connectivity index (χ0v) is 22.2. The molecule has 10 nitrogen and oxygen atoms in total. The van der Waals surface area contributed by atoms with Crippen LogP contribution in [-0.4, -0.2) is 57.9 Å². The van der Waals surface area contributed by atoms with Gasteiger partial charge >= 0.3 is 5.97 Å². The Labute approximate surface area is 223 Å². The van der Waals surface area contributed by atoms with Gasteiger partial charge in [0.15, 0.2) is 5.82 Å². The molecule has 2 aliphatic rings. The second-order valence-corrected chi connectivity index (χ2v) is 9.24. The van der Waals surface area contributed by atoms with Crippen molar-refractivity contribution < 1.29 is 14.3 Å². The van der Waals surface area contributed by atoms with Crippen molar-refractivity contribution in [1.29, 1.82) is 0 Å². The van der Waals surface area contributed by atoms with Crippen LogP contribution in [0.4, 0.5) is 17.5 Å². The molecule has 196 valence electrons. The average molecular weight is 524 g/mol. The molecule has 0 spiro atoms. The Morgan fingerprint density at radius 2 is 2.00 bits per heavy atom. The van der Waals surface area contributed by atoms with Crippen molar-refractivity contribution in [2.45, 2.75) is 51.7 Å². The number of nitrogens with zero attached hydrogens (tertiary/aromatic N) is 6. The van der Waals surface area contributed by atoms with Gasteiger partial charge in [0, 0.05) is 31.9 Å². The van der Waals surface area contributed by atoms with Gasteiger partial charge in [-0.15, -0.1) is 0 Å². The summed E-state index contributed by atoms with van der Waals surface area (Å²) >= 11 is 0. The highest BCUT2D eigenvalue weighted by molar-refractivity contribution is 7.59. The van der Waals surface area contributed by atoms with Crippen LogP contribution in [0.2, 0.25) is 0 Å². The number of rotatable bonds is 9. The summed E-state index contributed by atoms with van der Waals surface area (Å²) in [5.41, 5.74) is 3.34. The van der Waals surface area contributed by atoms with Crippen LogP contribution in [0.15, 0.2) is 42.9 Å². The summed E-state index contributed by atoms with van der Waals surface area (Å²) in [5.74, 6) is 1.16. The number of amides is 1. The van der Waals surface area contributed by atoms with Crippen LogP contribution in [-0.2, 0) is 22.6 Å². The van der Waals surface area contributed by atoms with Gasteiger partial charge in [-0.3, -0.25) is 9.48 Å². The van der Waals surface area contributed by atoms with Crippen LogP contribution < -0.4 is 15.1 Å². The van der Waals surface area contributed by atoms with E-state index >= 15 is 0 Å². The third kappa shape index (κ3) is 5.71. The van der Waals surface area contributed by atoms with Gasteiger partial charge in [-0.2, -0.15) is 23.6 Å². The van der Waals surface area contributed by atoms with Gasteiger partial charge in [0.05, 0.1) is 31.1 Å². The van der Waals surface area contributed by atoms with E-state index in [1.165, 1.54) is 0 Å².